The van der Waals surface area contributed by atoms with Crippen LogP contribution in [-0.4, -0.2) is 69.8 Å². The maximum Gasteiger partial charge on any atom is 0.243 e. The largest absolute Gasteiger partial charge is 0.391 e. The normalized spacial score (nSPS) is 28.1. The number of allylic oxidation sites excluding steroid dienone is 1. The zero-order valence-electron chi connectivity index (χ0n) is 18.8. The van der Waals surface area contributed by atoms with Gasteiger partial charge in [-0.3, -0.25) is 14.4 Å². The third-order valence-electron chi connectivity index (χ3n) is 5.24. The van der Waals surface area contributed by atoms with Crippen LogP contribution in [-0.2, 0) is 14.4 Å². The van der Waals surface area contributed by atoms with Crippen LogP contribution in [0.2, 0.25) is 0 Å². The van der Waals surface area contributed by atoms with Crippen molar-refractivity contribution in [3.8, 4) is 0 Å². The van der Waals surface area contributed by atoms with Crippen LogP contribution in [0.1, 0.15) is 53.4 Å². The lowest BCUT2D eigenvalue weighted by molar-refractivity contribution is -0.132. The monoisotopic (exact) mass is 475 g/mol. The molecule has 10 heteroatoms. The van der Waals surface area contributed by atoms with E-state index in [0.717, 1.165) is 18.6 Å². The Balaban J connectivity index is 2.92. The fourth-order valence-electron chi connectivity index (χ4n) is 3.04. The number of rotatable bonds is 6. The third kappa shape index (κ3) is 10.3. The quantitative estimate of drug-likeness (QED) is 0.290. The molecule has 0 saturated heterocycles. The first-order valence-corrected chi connectivity index (χ1v) is 13.4. The molecule has 0 aromatic rings. The Morgan fingerprint density at radius 1 is 1.26 bits per heavy atom. The number of hydrogen-bond donors (Lipinski definition) is 5. The van der Waals surface area contributed by atoms with E-state index in [9.17, 15) is 24.6 Å². The fourth-order valence-corrected chi connectivity index (χ4v) is 5.19. The molecule has 1 rings (SSSR count). The van der Waals surface area contributed by atoms with Crippen LogP contribution in [0.4, 0.5) is 0 Å². The average molecular weight is 476 g/mol. The van der Waals surface area contributed by atoms with Crippen LogP contribution in [0.15, 0.2) is 12.2 Å². The van der Waals surface area contributed by atoms with Crippen LogP contribution in [0.25, 0.3) is 0 Å². The second-order valence-corrected chi connectivity index (χ2v) is 10.5. The zero-order valence-corrected chi connectivity index (χ0v) is 20.4. The molecule has 0 radical (unpaired) electrons. The van der Waals surface area contributed by atoms with E-state index in [2.05, 4.69) is 16.0 Å². The van der Waals surface area contributed by atoms with Crippen molar-refractivity contribution in [3.63, 3.8) is 0 Å². The molecule has 5 N–H and O–H groups in total. The zero-order chi connectivity index (χ0) is 23.4. The first-order chi connectivity index (χ1) is 14.7. The van der Waals surface area contributed by atoms with Crippen LogP contribution in [0.3, 0.4) is 0 Å². The summed E-state index contributed by atoms with van der Waals surface area (Å²) in [6.45, 7) is 7.37. The summed E-state index contributed by atoms with van der Waals surface area (Å²) in [7, 11) is 3.05. The maximum atomic E-state index is 13.0. The molecule has 0 aliphatic carbocycles. The Hall–Kier alpha value is -1.23. The first-order valence-electron chi connectivity index (χ1n) is 10.9. The Kier molecular flexibility index (Phi) is 13.2. The number of aliphatic hydroxyl groups is 2. The Morgan fingerprint density at radius 3 is 2.61 bits per heavy atom. The van der Waals surface area contributed by atoms with Gasteiger partial charge in [-0.15, -0.1) is 0 Å². The second-order valence-electron chi connectivity index (χ2n) is 7.84. The number of amides is 3. The second kappa shape index (κ2) is 14.8. The average Bonchev–Trinajstić information content (AvgIpc) is 2.73. The minimum absolute atomic E-state index is 0.0790. The van der Waals surface area contributed by atoms with E-state index in [1.165, 1.54) is 17.7 Å². The van der Waals surface area contributed by atoms with E-state index in [0.29, 0.717) is 12.2 Å². The van der Waals surface area contributed by atoms with E-state index in [1.807, 2.05) is 26.8 Å². The topological polar surface area (TPSA) is 128 Å². The van der Waals surface area contributed by atoms with Crippen molar-refractivity contribution in [2.45, 2.75) is 83.7 Å². The van der Waals surface area contributed by atoms with E-state index in [1.54, 1.807) is 16.9 Å². The summed E-state index contributed by atoms with van der Waals surface area (Å²) in [6, 6.07) is -2.06. The highest BCUT2D eigenvalue weighted by molar-refractivity contribution is 8.76. The molecule has 0 saturated carbocycles. The molecule has 8 nitrogen and oxygen atoms in total. The number of hydrogen-bond acceptors (Lipinski definition) is 7. The molecule has 0 bridgehead atoms. The lowest BCUT2D eigenvalue weighted by Crippen LogP contribution is -2.57. The molecule has 1 aliphatic heterocycles. The van der Waals surface area contributed by atoms with Gasteiger partial charge in [-0.05, 0) is 25.7 Å². The molecule has 178 valence electrons. The summed E-state index contributed by atoms with van der Waals surface area (Å²) < 4.78 is 0. The lowest BCUT2D eigenvalue weighted by atomic mass is 9.92. The first kappa shape index (κ1) is 27.8. The molecule has 6 atom stereocenters. The summed E-state index contributed by atoms with van der Waals surface area (Å²) in [5.41, 5.74) is 0. The van der Waals surface area contributed by atoms with Crippen LogP contribution >= 0.6 is 21.6 Å². The maximum absolute atomic E-state index is 13.0. The standard InChI is InChI=1S/C21H37N3O5S2/c1-5-13(3)19(17(26)6-2)24-21(29)16-12-31-30-10-8-7-9-15(25)11-18(27)22-14(4)20(28)23-16/h7,9,13-17,19,25-26H,5-6,8,10-12H2,1-4H3,(H,22,27)(H,23,28)(H,24,29)/b9-7+/t13-,14+,15+,16+,17-,19+/m0/s1. The van der Waals surface area contributed by atoms with Gasteiger partial charge in [0.15, 0.2) is 0 Å². The molecular weight excluding hydrogens is 438 g/mol. The Labute approximate surface area is 193 Å². The van der Waals surface area contributed by atoms with Crippen molar-refractivity contribution < 1.29 is 24.6 Å². The lowest BCUT2D eigenvalue weighted by Gasteiger charge is -2.30. The van der Waals surface area contributed by atoms with Crippen molar-refractivity contribution in [1.29, 1.82) is 0 Å². The predicted molar refractivity (Wildman–Crippen MR) is 127 cm³/mol. The molecular formula is C21H37N3O5S2. The van der Waals surface area contributed by atoms with Crippen molar-refractivity contribution in [2.24, 2.45) is 5.92 Å². The van der Waals surface area contributed by atoms with Crippen LogP contribution in [0, 0.1) is 5.92 Å². The molecule has 1 heterocycles. The van der Waals surface area contributed by atoms with E-state index in [4.69, 9.17) is 0 Å². The van der Waals surface area contributed by atoms with Gasteiger partial charge in [0.25, 0.3) is 0 Å². The number of carbonyl (C=O) groups excluding carboxylic acids is 3. The van der Waals surface area contributed by atoms with Crippen molar-refractivity contribution in [1.82, 2.24) is 16.0 Å². The number of carbonyl (C=O) groups is 3. The van der Waals surface area contributed by atoms with E-state index < -0.39 is 42.1 Å². The summed E-state index contributed by atoms with van der Waals surface area (Å²) in [6.07, 6.45) is 3.73. The van der Waals surface area contributed by atoms with Gasteiger partial charge in [0.2, 0.25) is 17.7 Å². The SMILES string of the molecule is CC[C@H](C)[C@@H](NC(=O)[C@H]1CSSCC/C=C/[C@@H](O)CC(=O)N[C@H](C)C(=O)N1)[C@@H](O)CC. The van der Waals surface area contributed by atoms with Gasteiger partial charge in [0.05, 0.1) is 24.7 Å². The Morgan fingerprint density at radius 2 is 1.97 bits per heavy atom. The van der Waals surface area contributed by atoms with Gasteiger partial charge in [-0.25, -0.2) is 0 Å². The van der Waals surface area contributed by atoms with Gasteiger partial charge in [0, 0.05) is 11.5 Å². The molecule has 1 aliphatic rings. The van der Waals surface area contributed by atoms with Gasteiger partial charge in [-0.1, -0.05) is 60.9 Å². The molecule has 3 amide bonds. The van der Waals surface area contributed by atoms with Gasteiger partial charge in [0.1, 0.15) is 12.1 Å². The molecule has 31 heavy (non-hydrogen) atoms. The van der Waals surface area contributed by atoms with E-state index >= 15 is 0 Å². The minimum Gasteiger partial charge on any atom is -0.391 e. The van der Waals surface area contributed by atoms with Gasteiger partial charge < -0.3 is 26.2 Å². The fraction of sp³-hybridized carbons (Fsp3) is 0.762. The highest BCUT2D eigenvalue weighted by atomic mass is 33.1. The van der Waals surface area contributed by atoms with Crippen molar-refractivity contribution in [3.05, 3.63) is 12.2 Å². The Bertz CT molecular complexity index is 610. The van der Waals surface area contributed by atoms with Gasteiger partial charge >= 0.3 is 0 Å². The predicted octanol–water partition coefficient (Wildman–Crippen LogP) is 1.37. The summed E-state index contributed by atoms with van der Waals surface area (Å²) in [5.74, 6) is -0.0711. The van der Waals surface area contributed by atoms with Crippen molar-refractivity contribution in [2.75, 3.05) is 11.5 Å². The number of aliphatic hydroxyl groups excluding tert-OH is 2. The number of nitrogens with one attached hydrogen (secondary N) is 3. The highest BCUT2D eigenvalue weighted by Crippen LogP contribution is 2.23. The molecule has 0 spiro atoms. The summed E-state index contributed by atoms with van der Waals surface area (Å²) >= 11 is 0. The summed E-state index contributed by atoms with van der Waals surface area (Å²) in [5, 5.41) is 28.5. The summed E-state index contributed by atoms with van der Waals surface area (Å²) in [4.78, 5) is 37.7. The molecule has 0 aromatic carbocycles. The minimum atomic E-state index is -0.904. The smallest absolute Gasteiger partial charge is 0.243 e. The van der Waals surface area contributed by atoms with Crippen LogP contribution in [0.5, 0.6) is 0 Å². The third-order valence-corrected chi connectivity index (χ3v) is 7.69. The van der Waals surface area contributed by atoms with Crippen molar-refractivity contribution >= 4 is 39.3 Å². The highest BCUT2D eigenvalue weighted by Gasteiger charge is 2.30. The van der Waals surface area contributed by atoms with Gasteiger partial charge in [-0.2, -0.15) is 0 Å². The molecule has 0 fully saturated rings. The molecule has 0 unspecified atom stereocenters. The van der Waals surface area contributed by atoms with Crippen LogP contribution < -0.4 is 16.0 Å². The molecule has 0 aromatic heterocycles. The van der Waals surface area contributed by atoms with E-state index in [-0.39, 0.29) is 18.2 Å².